The Morgan fingerprint density at radius 2 is 1.60 bits per heavy atom. The highest BCUT2D eigenvalue weighted by molar-refractivity contribution is 6.68. The van der Waals surface area contributed by atoms with Gasteiger partial charge in [-0.1, -0.05) is 34.8 Å². The molecule has 0 radical (unpaired) electrons. The van der Waals surface area contributed by atoms with Gasteiger partial charge in [-0.05, 0) is 0 Å². The summed E-state index contributed by atoms with van der Waals surface area (Å²) in [6, 6.07) is 1.68. The van der Waals surface area contributed by atoms with E-state index in [4.69, 9.17) is 63.3 Å². The highest BCUT2D eigenvalue weighted by atomic mass is 35.6. The van der Waals surface area contributed by atoms with Crippen LogP contribution in [0.25, 0.3) is 0 Å². The van der Waals surface area contributed by atoms with Gasteiger partial charge in [-0.25, -0.2) is 0 Å². The van der Waals surface area contributed by atoms with Crippen LogP contribution in [0.2, 0.25) is 0 Å². The zero-order valence-electron chi connectivity index (χ0n) is 4.49. The van der Waals surface area contributed by atoms with Crippen molar-refractivity contribution >= 4 is 58.0 Å². The van der Waals surface area contributed by atoms with Crippen molar-refractivity contribution in [3.05, 3.63) is 0 Å². The van der Waals surface area contributed by atoms with Crippen LogP contribution in [0, 0.1) is 17.2 Å². The SMILES string of the molecule is N#CC(C(Cl)Cl)C(Cl)(Cl)Cl. The van der Waals surface area contributed by atoms with Gasteiger partial charge in [-0.3, -0.25) is 0 Å². The highest BCUT2D eigenvalue weighted by Gasteiger charge is 2.37. The van der Waals surface area contributed by atoms with Gasteiger partial charge in [0.05, 0.1) is 6.07 Å². The molecule has 0 aromatic carbocycles. The number of rotatable bonds is 1. The van der Waals surface area contributed by atoms with E-state index in [0.717, 1.165) is 0 Å². The summed E-state index contributed by atoms with van der Waals surface area (Å²) in [7, 11) is 0. The number of halogens is 5. The summed E-state index contributed by atoms with van der Waals surface area (Å²) in [5.41, 5.74) is 0. The molecule has 0 rings (SSSR count). The summed E-state index contributed by atoms with van der Waals surface area (Å²) < 4.78 is -1.72. The lowest BCUT2D eigenvalue weighted by Gasteiger charge is -2.17. The summed E-state index contributed by atoms with van der Waals surface area (Å²) in [5, 5.41) is 8.36. The van der Waals surface area contributed by atoms with Crippen molar-refractivity contribution in [1.82, 2.24) is 0 Å². The van der Waals surface area contributed by atoms with Crippen LogP contribution in [0.5, 0.6) is 0 Å². The smallest absolute Gasteiger partial charge is 0.198 e. The van der Waals surface area contributed by atoms with Gasteiger partial charge in [-0.15, -0.1) is 23.2 Å². The van der Waals surface area contributed by atoms with E-state index < -0.39 is 14.5 Å². The molecule has 6 heteroatoms. The predicted octanol–water partition coefficient (Wildman–Crippen LogP) is 3.30. The van der Waals surface area contributed by atoms with Gasteiger partial charge in [-0.2, -0.15) is 5.26 Å². The fourth-order valence-corrected chi connectivity index (χ4v) is 1.67. The Hall–Kier alpha value is 0.940. The van der Waals surface area contributed by atoms with Crippen molar-refractivity contribution in [1.29, 1.82) is 5.26 Å². The van der Waals surface area contributed by atoms with Crippen LogP contribution in [-0.2, 0) is 0 Å². The van der Waals surface area contributed by atoms with Crippen LogP contribution in [0.1, 0.15) is 0 Å². The molecule has 10 heavy (non-hydrogen) atoms. The summed E-state index contributed by atoms with van der Waals surface area (Å²) in [6.45, 7) is 0. The molecule has 0 aliphatic carbocycles. The zero-order chi connectivity index (χ0) is 8.36. The second-order valence-electron chi connectivity index (χ2n) is 1.48. The number of hydrogen-bond donors (Lipinski definition) is 0. The summed E-state index contributed by atoms with van der Waals surface area (Å²) in [4.78, 5) is -0.988. The minimum absolute atomic E-state index is 0.988. The third-order valence-corrected chi connectivity index (χ3v) is 1.95. The Bertz CT molecular complexity index is 143. The van der Waals surface area contributed by atoms with Crippen molar-refractivity contribution in [2.24, 2.45) is 5.92 Å². The fourth-order valence-electron chi connectivity index (χ4n) is 0.272. The van der Waals surface area contributed by atoms with Crippen molar-refractivity contribution in [3.63, 3.8) is 0 Å². The number of nitriles is 1. The summed E-state index contributed by atoms with van der Waals surface area (Å²) in [5.74, 6) is -0.999. The molecule has 1 nitrogen and oxygen atoms in total. The molecular weight excluding hydrogens is 239 g/mol. The first-order valence-corrected chi connectivity index (χ1v) is 4.14. The predicted molar refractivity (Wildman–Crippen MR) is 44.9 cm³/mol. The second-order valence-corrected chi connectivity index (χ2v) is 5.02. The van der Waals surface area contributed by atoms with Gasteiger partial charge in [0.15, 0.2) is 0 Å². The molecular formula is C4H2Cl5N. The third-order valence-electron chi connectivity index (χ3n) is 0.744. The Labute approximate surface area is 83.7 Å². The molecule has 0 aromatic heterocycles. The topological polar surface area (TPSA) is 23.8 Å². The number of nitrogens with zero attached hydrogens (tertiary/aromatic N) is 1. The van der Waals surface area contributed by atoms with Crippen LogP contribution in [0.15, 0.2) is 0 Å². The summed E-state index contributed by atoms with van der Waals surface area (Å²) >= 11 is 26.6. The first-order valence-electron chi connectivity index (χ1n) is 2.14. The molecule has 0 fully saturated rings. The van der Waals surface area contributed by atoms with E-state index in [9.17, 15) is 0 Å². The Balaban J connectivity index is 4.26. The average Bonchev–Trinajstić information content (AvgIpc) is 1.60. The molecule has 0 amide bonds. The Morgan fingerprint density at radius 1 is 1.20 bits per heavy atom. The molecule has 0 aliphatic rings. The summed E-state index contributed by atoms with van der Waals surface area (Å²) in [6.07, 6.45) is 0. The van der Waals surface area contributed by atoms with E-state index in [0.29, 0.717) is 0 Å². The van der Waals surface area contributed by atoms with Crippen LogP contribution >= 0.6 is 58.0 Å². The Kier molecular flexibility index (Phi) is 4.47. The van der Waals surface area contributed by atoms with E-state index in [1.165, 1.54) is 0 Å². The van der Waals surface area contributed by atoms with E-state index in [2.05, 4.69) is 0 Å². The maximum Gasteiger partial charge on any atom is 0.208 e. The molecule has 0 saturated heterocycles. The average molecular weight is 241 g/mol. The van der Waals surface area contributed by atoms with E-state index >= 15 is 0 Å². The minimum atomic E-state index is -1.72. The van der Waals surface area contributed by atoms with Crippen molar-refractivity contribution in [2.45, 2.75) is 8.63 Å². The van der Waals surface area contributed by atoms with Crippen LogP contribution < -0.4 is 0 Å². The van der Waals surface area contributed by atoms with Gasteiger partial charge in [0.25, 0.3) is 0 Å². The Morgan fingerprint density at radius 3 is 1.60 bits per heavy atom. The standard InChI is InChI=1S/C4H2Cl5N/c5-3(6)2(1-10)4(7,8)9/h2-3H. The first kappa shape index (κ1) is 10.9. The minimum Gasteiger partial charge on any atom is -0.198 e. The molecule has 0 aliphatic heterocycles. The van der Waals surface area contributed by atoms with Gasteiger partial charge in [0.2, 0.25) is 3.79 Å². The number of hydrogen-bond acceptors (Lipinski definition) is 1. The van der Waals surface area contributed by atoms with Gasteiger partial charge in [0, 0.05) is 0 Å². The molecule has 58 valence electrons. The second kappa shape index (κ2) is 4.09. The normalized spacial score (nSPS) is 14.9. The van der Waals surface area contributed by atoms with E-state index in [1.807, 2.05) is 0 Å². The van der Waals surface area contributed by atoms with Crippen molar-refractivity contribution < 1.29 is 0 Å². The first-order chi connectivity index (χ1) is 4.39. The van der Waals surface area contributed by atoms with E-state index in [1.54, 1.807) is 6.07 Å². The monoisotopic (exact) mass is 239 g/mol. The largest absolute Gasteiger partial charge is 0.208 e. The van der Waals surface area contributed by atoms with Gasteiger partial charge in [0.1, 0.15) is 10.8 Å². The molecule has 0 saturated carbocycles. The zero-order valence-corrected chi connectivity index (χ0v) is 8.27. The molecule has 1 unspecified atom stereocenters. The lowest BCUT2D eigenvalue weighted by Crippen LogP contribution is -2.23. The number of alkyl halides is 5. The maximum absolute atomic E-state index is 8.36. The molecule has 0 spiro atoms. The van der Waals surface area contributed by atoms with Crippen molar-refractivity contribution in [3.8, 4) is 6.07 Å². The fraction of sp³-hybridized carbons (Fsp3) is 0.750. The lowest BCUT2D eigenvalue weighted by atomic mass is 10.2. The molecule has 1 atom stereocenters. The van der Waals surface area contributed by atoms with Crippen LogP contribution in [0.4, 0.5) is 0 Å². The molecule has 0 aromatic rings. The van der Waals surface area contributed by atoms with Crippen LogP contribution in [-0.4, -0.2) is 8.63 Å². The lowest BCUT2D eigenvalue weighted by molar-refractivity contribution is 0.741. The van der Waals surface area contributed by atoms with Gasteiger partial charge >= 0.3 is 0 Å². The third kappa shape index (κ3) is 3.37. The maximum atomic E-state index is 8.36. The van der Waals surface area contributed by atoms with Crippen LogP contribution in [0.3, 0.4) is 0 Å². The quantitative estimate of drug-likeness (QED) is 0.646. The molecule has 0 N–H and O–H groups in total. The molecule has 0 heterocycles. The molecule has 0 bridgehead atoms. The highest BCUT2D eigenvalue weighted by Crippen LogP contribution is 2.39. The van der Waals surface area contributed by atoms with Gasteiger partial charge < -0.3 is 0 Å². The van der Waals surface area contributed by atoms with E-state index in [-0.39, 0.29) is 0 Å². The van der Waals surface area contributed by atoms with Crippen molar-refractivity contribution in [2.75, 3.05) is 0 Å².